The van der Waals surface area contributed by atoms with E-state index in [9.17, 15) is 4.79 Å². The maximum Gasteiger partial charge on any atom is 0.256 e. The summed E-state index contributed by atoms with van der Waals surface area (Å²) in [7, 11) is 1.63. The smallest absolute Gasteiger partial charge is 0.256 e. The van der Waals surface area contributed by atoms with Crippen molar-refractivity contribution in [1.29, 1.82) is 0 Å². The van der Waals surface area contributed by atoms with Crippen molar-refractivity contribution in [2.45, 2.75) is 6.61 Å². The first-order valence-corrected chi connectivity index (χ1v) is 7.82. The highest BCUT2D eigenvalue weighted by atomic mass is 127. The molecule has 20 heavy (non-hydrogen) atoms. The molecule has 5 heteroatoms. The van der Waals surface area contributed by atoms with Gasteiger partial charge in [-0.25, -0.2) is 0 Å². The molecule has 0 aliphatic carbocycles. The molecule has 0 aliphatic rings. The lowest BCUT2D eigenvalue weighted by molar-refractivity contribution is 0.102. The molecule has 1 N–H and O–H groups in total. The van der Waals surface area contributed by atoms with Gasteiger partial charge in [0, 0.05) is 26.4 Å². The molecule has 0 bridgehead atoms. The van der Waals surface area contributed by atoms with Crippen molar-refractivity contribution in [2.75, 3.05) is 12.4 Å². The lowest BCUT2D eigenvalue weighted by Crippen LogP contribution is -2.14. The lowest BCUT2D eigenvalue weighted by atomic mass is 10.1. The first kappa shape index (κ1) is 15.5. The molecule has 0 atom stereocenters. The SMILES string of the molecule is COCc1ccccc1NC(=O)c1cc(I)ccc1Br. The zero-order valence-corrected chi connectivity index (χ0v) is 14.6. The Bertz CT molecular complexity index is 631. The molecular weight excluding hydrogens is 433 g/mol. The molecule has 0 aromatic heterocycles. The highest BCUT2D eigenvalue weighted by Crippen LogP contribution is 2.22. The van der Waals surface area contributed by atoms with Gasteiger partial charge in [0.05, 0.1) is 12.2 Å². The van der Waals surface area contributed by atoms with Crippen LogP contribution in [-0.4, -0.2) is 13.0 Å². The molecule has 1 amide bonds. The predicted molar refractivity (Wildman–Crippen MR) is 92.0 cm³/mol. The number of rotatable bonds is 4. The molecule has 0 aliphatic heterocycles. The predicted octanol–water partition coefficient (Wildman–Crippen LogP) is 4.45. The largest absolute Gasteiger partial charge is 0.380 e. The van der Waals surface area contributed by atoms with E-state index in [1.807, 2.05) is 42.5 Å². The number of hydrogen-bond acceptors (Lipinski definition) is 2. The average Bonchev–Trinajstić information content (AvgIpc) is 2.44. The van der Waals surface area contributed by atoms with Gasteiger partial charge >= 0.3 is 0 Å². The molecular formula is C15H13BrINO2. The van der Waals surface area contributed by atoms with Gasteiger partial charge in [-0.1, -0.05) is 18.2 Å². The van der Waals surface area contributed by atoms with E-state index in [0.29, 0.717) is 12.2 Å². The maximum absolute atomic E-state index is 12.4. The van der Waals surface area contributed by atoms with E-state index in [-0.39, 0.29) is 5.91 Å². The van der Waals surface area contributed by atoms with Crippen LogP contribution < -0.4 is 5.32 Å². The fourth-order valence-corrected chi connectivity index (χ4v) is 2.70. The average molecular weight is 446 g/mol. The van der Waals surface area contributed by atoms with Crippen LogP contribution >= 0.6 is 38.5 Å². The minimum atomic E-state index is -0.140. The number of nitrogens with one attached hydrogen (secondary N) is 1. The molecule has 3 nitrogen and oxygen atoms in total. The van der Waals surface area contributed by atoms with Gasteiger partial charge in [-0.15, -0.1) is 0 Å². The number of anilines is 1. The quantitative estimate of drug-likeness (QED) is 0.706. The van der Waals surface area contributed by atoms with Crippen LogP contribution in [0.1, 0.15) is 15.9 Å². The summed E-state index contributed by atoms with van der Waals surface area (Å²) in [6, 6.07) is 13.3. The Morgan fingerprint density at radius 3 is 2.80 bits per heavy atom. The summed E-state index contributed by atoms with van der Waals surface area (Å²) in [6.07, 6.45) is 0. The van der Waals surface area contributed by atoms with E-state index in [0.717, 1.165) is 19.3 Å². The summed E-state index contributed by atoms with van der Waals surface area (Å²) < 4.78 is 6.93. The third-order valence-corrected chi connectivity index (χ3v) is 4.10. The molecule has 0 radical (unpaired) electrons. The highest BCUT2D eigenvalue weighted by molar-refractivity contribution is 14.1. The van der Waals surface area contributed by atoms with E-state index in [4.69, 9.17) is 4.74 Å². The first-order chi connectivity index (χ1) is 9.61. The third kappa shape index (κ3) is 3.80. The Morgan fingerprint density at radius 2 is 2.05 bits per heavy atom. The summed E-state index contributed by atoms with van der Waals surface area (Å²) in [4.78, 5) is 12.4. The Morgan fingerprint density at radius 1 is 1.30 bits per heavy atom. The molecule has 0 saturated carbocycles. The van der Waals surface area contributed by atoms with Gasteiger partial charge in [0.25, 0.3) is 5.91 Å². The van der Waals surface area contributed by atoms with Crippen molar-refractivity contribution in [3.05, 3.63) is 61.6 Å². The van der Waals surface area contributed by atoms with E-state index in [1.54, 1.807) is 7.11 Å². The van der Waals surface area contributed by atoms with E-state index in [1.165, 1.54) is 0 Å². The van der Waals surface area contributed by atoms with Crippen LogP contribution in [0.25, 0.3) is 0 Å². The molecule has 0 fully saturated rings. The van der Waals surface area contributed by atoms with Gasteiger partial charge in [0.15, 0.2) is 0 Å². The second-order valence-electron chi connectivity index (χ2n) is 4.17. The van der Waals surface area contributed by atoms with Crippen LogP contribution in [0, 0.1) is 3.57 Å². The Hall–Kier alpha value is -0.920. The van der Waals surface area contributed by atoms with Crippen LogP contribution in [0.2, 0.25) is 0 Å². The summed E-state index contributed by atoms with van der Waals surface area (Å²) in [5.41, 5.74) is 2.33. The van der Waals surface area contributed by atoms with Crippen molar-refractivity contribution in [1.82, 2.24) is 0 Å². The van der Waals surface area contributed by atoms with Gasteiger partial charge in [-0.05, 0) is 62.8 Å². The minimum absolute atomic E-state index is 0.140. The topological polar surface area (TPSA) is 38.3 Å². The van der Waals surface area contributed by atoms with Crippen molar-refractivity contribution in [2.24, 2.45) is 0 Å². The molecule has 104 valence electrons. The van der Waals surface area contributed by atoms with Crippen molar-refractivity contribution < 1.29 is 9.53 Å². The first-order valence-electron chi connectivity index (χ1n) is 5.95. The lowest BCUT2D eigenvalue weighted by Gasteiger charge is -2.11. The number of ether oxygens (including phenoxy) is 1. The Balaban J connectivity index is 2.26. The van der Waals surface area contributed by atoms with E-state index >= 15 is 0 Å². The second kappa shape index (κ2) is 7.19. The number of halogens is 2. The zero-order valence-electron chi connectivity index (χ0n) is 10.8. The van der Waals surface area contributed by atoms with Crippen LogP contribution in [0.4, 0.5) is 5.69 Å². The third-order valence-electron chi connectivity index (χ3n) is 2.74. The molecule has 2 rings (SSSR count). The number of methoxy groups -OCH3 is 1. The number of hydrogen-bond donors (Lipinski definition) is 1. The van der Waals surface area contributed by atoms with Gasteiger partial charge in [0.2, 0.25) is 0 Å². The van der Waals surface area contributed by atoms with Crippen molar-refractivity contribution >= 4 is 50.1 Å². The van der Waals surface area contributed by atoms with Crippen LogP contribution in [-0.2, 0) is 11.3 Å². The summed E-state index contributed by atoms with van der Waals surface area (Å²) in [6.45, 7) is 0.462. The molecule has 0 spiro atoms. The molecule has 0 saturated heterocycles. The summed E-state index contributed by atoms with van der Waals surface area (Å²) in [5.74, 6) is -0.140. The van der Waals surface area contributed by atoms with Crippen molar-refractivity contribution in [3.8, 4) is 0 Å². The number of carbonyl (C=O) groups is 1. The number of para-hydroxylation sites is 1. The molecule has 0 heterocycles. The van der Waals surface area contributed by atoms with Crippen LogP contribution in [0.5, 0.6) is 0 Å². The molecule has 0 unspecified atom stereocenters. The van der Waals surface area contributed by atoms with Crippen LogP contribution in [0.3, 0.4) is 0 Å². The molecule has 2 aromatic rings. The molecule has 2 aromatic carbocycles. The maximum atomic E-state index is 12.4. The van der Waals surface area contributed by atoms with Crippen molar-refractivity contribution in [3.63, 3.8) is 0 Å². The van der Waals surface area contributed by atoms with Gasteiger partial charge in [-0.3, -0.25) is 4.79 Å². The zero-order chi connectivity index (χ0) is 14.5. The van der Waals surface area contributed by atoms with E-state index in [2.05, 4.69) is 43.8 Å². The fourth-order valence-electron chi connectivity index (χ4n) is 1.78. The summed E-state index contributed by atoms with van der Waals surface area (Å²) in [5, 5.41) is 2.93. The Kier molecular flexibility index (Phi) is 5.56. The number of carbonyl (C=O) groups excluding carboxylic acids is 1. The second-order valence-corrected chi connectivity index (χ2v) is 6.27. The highest BCUT2D eigenvalue weighted by Gasteiger charge is 2.12. The number of benzene rings is 2. The van der Waals surface area contributed by atoms with Crippen LogP contribution in [0.15, 0.2) is 46.9 Å². The normalized spacial score (nSPS) is 10.3. The fraction of sp³-hybridized carbons (Fsp3) is 0.133. The Labute approximate surface area is 140 Å². The monoisotopic (exact) mass is 445 g/mol. The standard InChI is InChI=1S/C15H13BrINO2/c1-20-9-10-4-2-3-5-14(10)18-15(19)12-8-11(17)6-7-13(12)16/h2-8H,9H2,1H3,(H,18,19). The number of amides is 1. The summed E-state index contributed by atoms with van der Waals surface area (Å²) >= 11 is 5.59. The van der Waals surface area contributed by atoms with Gasteiger partial charge in [-0.2, -0.15) is 0 Å². The minimum Gasteiger partial charge on any atom is -0.380 e. The van der Waals surface area contributed by atoms with E-state index < -0.39 is 0 Å². The van der Waals surface area contributed by atoms with Gasteiger partial charge < -0.3 is 10.1 Å². The van der Waals surface area contributed by atoms with Gasteiger partial charge in [0.1, 0.15) is 0 Å².